The van der Waals surface area contributed by atoms with E-state index in [2.05, 4.69) is 20.6 Å². The molecule has 1 aliphatic rings. The molecule has 0 unspecified atom stereocenters. The largest absolute Gasteiger partial charge is 0.462 e. The van der Waals surface area contributed by atoms with Gasteiger partial charge in [0.25, 0.3) is 0 Å². The highest BCUT2D eigenvalue weighted by atomic mass is 16.7. The number of nitrogens with zero attached hydrogens (tertiary/aromatic N) is 2. The van der Waals surface area contributed by atoms with Crippen LogP contribution in [0.1, 0.15) is 17.3 Å². The number of aromatic nitrogens is 2. The van der Waals surface area contributed by atoms with E-state index in [1.54, 1.807) is 31.2 Å². The van der Waals surface area contributed by atoms with Crippen molar-refractivity contribution in [3.8, 4) is 11.5 Å². The monoisotopic (exact) mass is 393 g/mol. The van der Waals surface area contributed by atoms with E-state index in [1.165, 1.54) is 6.33 Å². The van der Waals surface area contributed by atoms with Crippen molar-refractivity contribution in [2.45, 2.75) is 6.92 Å². The van der Waals surface area contributed by atoms with Crippen LogP contribution in [0, 0.1) is 0 Å². The zero-order chi connectivity index (χ0) is 20.2. The second-order valence-electron chi connectivity index (χ2n) is 6.10. The molecule has 148 valence electrons. The van der Waals surface area contributed by atoms with E-state index in [9.17, 15) is 4.79 Å². The zero-order valence-corrected chi connectivity index (χ0v) is 15.6. The summed E-state index contributed by atoms with van der Waals surface area (Å²) in [6.45, 7) is 2.30. The van der Waals surface area contributed by atoms with Gasteiger partial charge in [-0.05, 0) is 43.3 Å². The fraction of sp³-hybridized carbons (Fsp3) is 0.150. The first-order valence-electron chi connectivity index (χ1n) is 8.95. The second-order valence-corrected chi connectivity index (χ2v) is 6.10. The van der Waals surface area contributed by atoms with E-state index in [0.29, 0.717) is 41.0 Å². The Morgan fingerprint density at radius 2 is 1.69 bits per heavy atom. The number of hydrogen-bond acceptors (Lipinski definition) is 9. The Morgan fingerprint density at radius 3 is 2.41 bits per heavy atom. The number of anilines is 5. The summed E-state index contributed by atoms with van der Waals surface area (Å²) in [5.41, 5.74) is 8.52. The average molecular weight is 393 g/mol. The second kappa shape index (κ2) is 7.93. The summed E-state index contributed by atoms with van der Waals surface area (Å²) in [6.07, 6.45) is 1.40. The lowest BCUT2D eigenvalue weighted by Crippen LogP contribution is -2.06. The summed E-state index contributed by atoms with van der Waals surface area (Å²) in [5, 5.41) is 6.28. The molecule has 0 aliphatic carbocycles. The molecule has 0 atom stereocenters. The standard InChI is InChI=1S/C20H19N5O4/c1-2-27-20(26)12-3-5-13(6-4-12)24-18-17(21)19(23-10-22-18)25-14-7-8-15-16(9-14)29-11-28-15/h3-10H,2,11,21H2,1H3,(H2,22,23,24,25). The molecule has 0 fully saturated rings. The Hall–Kier alpha value is -4.01. The van der Waals surface area contributed by atoms with Gasteiger partial charge in [0.1, 0.15) is 12.0 Å². The van der Waals surface area contributed by atoms with Gasteiger partial charge in [-0.25, -0.2) is 14.8 Å². The first kappa shape index (κ1) is 18.4. The predicted octanol–water partition coefficient (Wildman–Crippen LogP) is 3.45. The van der Waals surface area contributed by atoms with Crippen molar-refractivity contribution in [3.05, 3.63) is 54.4 Å². The number of nitrogen functional groups attached to an aromatic ring is 1. The minimum atomic E-state index is -0.365. The minimum absolute atomic E-state index is 0.206. The topological polar surface area (TPSA) is 121 Å². The molecule has 0 radical (unpaired) electrons. The minimum Gasteiger partial charge on any atom is -0.462 e. The number of ether oxygens (including phenoxy) is 3. The van der Waals surface area contributed by atoms with Gasteiger partial charge in [-0.1, -0.05) is 0 Å². The van der Waals surface area contributed by atoms with Gasteiger partial charge < -0.3 is 30.6 Å². The number of esters is 1. The third kappa shape index (κ3) is 3.98. The highest BCUT2D eigenvalue weighted by Gasteiger charge is 2.15. The molecule has 2 aromatic carbocycles. The fourth-order valence-electron chi connectivity index (χ4n) is 2.75. The zero-order valence-electron chi connectivity index (χ0n) is 15.6. The quantitative estimate of drug-likeness (QED) is 0.541. The van der Waals surface area contributed by atoms with Crippen LogP contribution in [0.25, 0.3) is 0 Å². The number of carbonyl (C=O) groups excluding carboxylic acids is 1. The van der Waals surface area contributed by atoms with Gasteiger partial charge in [0.2, 0.25) is 6.79 Å². The van der Waals surface area contributed by atoms with E-state index >= 15 is 0 Å². The smallest absolute Gasteiger partial charge is 0.338 e. The van der Waals surface area contributed by atoms with Crippen LogP contribution in [0.3, 0.4) is 0 Å². The lowest BCUT2D eigenvalue weighted by molar-refractivity contribution is 0.0526. The molecule has 3 aromatic rings. The number of rotatable bonds is 6. The summed E-state index contributed by atoms with van der Waals surface area (Å²) in [4.78, 5) is 20.2. The van der Waals surface area contributed by atoms with Crippen LogP contribution in [0.2, 0.25) is 0 Å². The van der Waals surface area contributed by atoms with Gasteiger partial charge in [-0.3, -0.25) is 0 Å². The Balaban J connectivity index is 1.50. The van der Waals surface area contributed by atoms with Gasteiger partial charge in [-0.15, -0.1) is 0 Å². The summed E-state index contributed by atoms with van der Waals surface area (Å²) >= 11 is 0. The Kier molecular flexibility index (Phi) is 5.02. The van der Waals surface area contributed by atoms with E-state index in [1.807, 2.05) is 18.2 Å². The van der Waals surface area contributed by atoms with Gasteiger partial charge in [-0.2, -0.15) is 0 Å². The van der Waals surface area contributed by atoms with E-state index < -0.39 is 0 Å². The number of carbonyl (C=O) groups is 1. The Labute approximate surface area is 166 Å². The third-order valence-electron chi connectivity index (χ3n) is 4.18. The molecule has 2 heterocycles. The molecular weight excluding hydrogens is 374 g/mol. The SMILES string of the molecule is CCOC(=O)c1ccc(Nc2ncnc(Nc3ccc4c(c3)OCO4)c2N)cc1. The van der Waals surface area contributed by atoms with E-state index in [0.717, 1.165) is 11.4 Å². The van der Waals surface area contributed by atoms with Crippen molar-refractivity contribution in [3.63, 3.8) is 0 Å². The Morgan fingerprint density at radius 1 is 1.03 bits per heavy atom. The van der Waals surface area contributed by atoms with Crippen LogP contribution < -0.4 is 25.8 Å². The summed E-state index contributed by atoms with van der Waals surface area (Å²) in [5.74, 6) is 1.87. The summed E-state index contributed by atoms with van der Waals surface area (Å²) in [6, 6.07) is 12.3. The van der Waals surface area contributed by atoms with Crippen molar-refractivity contribution in [2.75, 3.05) is 29.8 Å². The molecule has 0 saturated carbocycles. The van der Waals surface area contributed by atoms with Crippen molar-refractivity contribution in [2.24, 2.45) is 0 Å². The lowest BCUT2D eigenvalue weighted by atomic mass is 10.2. The molecule has 0 saturated heterocycles. The average Bonchev–Trinajstić information content (AvgIpc) is 3.19. The lowest BCUT2D eigenvalue weighted by Gasteiger charge is -2.13. The molecule has 9 nitrogen and oxygen atoms in total. The van der Waals surface area contributed by atoms with Gasteiger partial charge in [0.05, 0.1) is 12.2 Å². The number of hydrogen-bond donors (Lipinski definition) is 3. The van der Waals surface area contributed by atoms with Crippen LogP contribution in [0.5, 0.6) is 11.5 Å². The van der Waals surface area contributed by atoms with Crippen molar-refractivity contribution >= 4 is 34.7 Å². The van der Waals surface area contributed by atoms with Crippen LogP contribution >= 0.6 is 0 Å². The molecule has 29 heavy (non-hydrogen) atoms. The van der Waals surface area contributed by atoms with Gasteiger partial charge in [0.15, 0.2) is 23.1 Å². The molecule has 4 N–H and O–H groups in total. The molecule has 0 bridgehead atoms. The van der Waals surface area contributed by atoms with Crippen LogP contribution in [-0.4, -0.2) is 29.3 Å². The Bertz CT molecular complexity index is 1040. The third-order valence-corrected chi connectivity index (χ3v) is 4.18. The molecular formula is C20H19N5O4. The number of benzene rings is 2. The fourth-order valence-corrected chi connectivity index (χ4v) is 2.75. The molecule has 1 aliphatic heterocycles. The highest BCUT2D eigenvalue weighted by molar-refractivity contribution is 5.90. The number of nitrogens with two attached hydrogens (primary N) is 1. The van der Waals surface area contributed by atoms with Crippen molar-refractivity contribution < 1.29 is 19.0 Å². The summed E-state index contributed by atoms with van der Waals surface area (Å²) < 4.78 is 15.7. The van der Waals surface area contributed by atoms with Crippen LogP contribution in [-0.2, 0) is 4.74 Å². The van der Waals surface area contributed by atoms with E-state index in [-0.39, 0.29) is 12.8 Å². The van der Waals surface area contributed by atoms with Crippen molar-refractivity contribution in [1.29, 1.82) is 0 Å². The molecule has 1 aromatic heterocycles. The molecule has 9 heteroatoms. The first-order valence-corrected chi connectivity index (χ1v) is 8.95. The first-order chi connectivity index (χ1) is 14.1. The van der Waals surface area contributed by atoms with Gasteiger partial charge >= 0.3 is 5.97 Å². The molecule has 4 rings (SSSR count). The van der Waals surface area contributed by atoms with E-state index in [4.69, 9.17) is 19.9 Å². The van der Waals surface area contributed by atoms with Crippen LogP contribution in [0.4, 0.5) is 28.7 Å². The summed E-state index contributed by atoms with van der Waals surface area (Å²) in [7, 11) is 0. The normalized spacial score (nSPS) is 11.8. The van der Waals surface area contributed by atoms with Crippen molar-refractivity contribution in [1.82, 2.24) is 9.97 Å². The number of nitrogens with one attached hydrogen (secondary N) is 2. The van der Waals surface area contributed by atoms with Crippen LogP contribution in [0.15, 0.2) is 48.8 Å². The molecule has 0 amide bonds. The number of fused-ring (bicyclic) bond motifs is 1. The van der Waals surface area contributed by atoms with Gasteiger partial charge in [0, 0.05) is 17.4 Å². The maximum atomic E-state index is 11.7. The maximum Gasteiger partial charge on any atom is 0.338 e. The maximum absolute atomic E-state index is 11.7. The molecule has 0 spiro atoms. The predicted molar refractivity (Wildman–Crippen MR) is 108 cm³/mol. The highest BCUT2D eigenvalue weighted by Crippen LogP contribution is 2.36.